The van der Waals surface area contributed by atoms with Crippen molar-refractivity contribution in [2.75, 3.05) is 4.90 Å². The molecule has 3 aromatic carbocycles. The van der Waals surface area contributed by atoms with Crippen molar-refractivity contribution in [3.05, 3.63) is 104 Å². The Kier molecular flexibility index (Phi) is 7.50. The maximum absolute atomic E-state index is 13.8. The predicted octanol–water partition coefficient (Wildman–Crippen LogP) is 7.23. The summed E-state index contributed by atoms with van der Waals surface area (Å²) in [5.41, 5.74) is 2.42. The number of Topliss-reactive ketones (excluding diaryl/α,β-unsaturated/α-hetero) is 1. The van der Waals surface area contributed by atoms with Crippen LogP contribution in [0.3, 0.4) is 0 Å². The van der Waals surface area contributed by atoms with E-state index in [2.05, 4.69) is 10.2 Å². The molecule has 1 N–H and O–H groups in total. The Labute approximate surface area is 252 Å². The molecule has 208 valence electrons. The predicted molar refractivity (Wildman–Crippen MR) is 157 cm³/mol. The van der Waals surface area contributed by atoms with Crippen molar-refractivity contribution in [2.45, 2.75) is 35.6 Å². The van der Waals surface area contributed by atoms with Crippen LogP contribution in [0.15, 0.2) is 70.6 Å². The number of carbonyl (C=O) groups excluding carboxylic acids is 2. The van der Waals surface area contributed by atoms with E-state index in [-0.39, 0.29) is 22.6 Å². The normalized spacial score (nSPS) is 19.5. The molecule has 1 amide bonds. The number of halogens is 3. The molecule has 1 fully saturated rings. The molecule has 2 aliphatic rings. The van der Waals surface area contributed by atoms with Gasteiger partial charge in [0.05, 0.1) is 11.6 Å². The van der Waals surface area contributed by atoms with Crippen LogP contribution in [0.4, 0.5) is 9.52 Å². The number of ketones is 1. The van der Waals surface area contributed by atoms with Crippen molar-refractivity contribution < 1.29 is 23.8 Å². The Balaban J connectivity index is 1.37. The number of amides is 1. The highest BCUT2D eigenvalue weighted by Crippen LogP contribution is 2.44. The van der Waals surface area contributed by atoms with Crippen LogP contribution in [0.2, 0.25) is 10.0 Å². The molecule has 0 saturated carbocycles. The zero-order valence-corrected chi connectivity index (χ0v) is 24.5. The molecule has 1 aromatic heterocycles. The van der Waals surface area contributed by atoms with Crippen molar-refractivity contribution >= 4 is 68.9 Å². The van der Waals surface area contributed by atoms with Crippen LogP contribution in [-0.2, 0) is 21.8 Å². The number of benzene rings is 3. The van der Waals surface area contributed by atoms with Crippen LogP contribution in [0, 0.1) is 5.82 Å². The summed E-state index contributed by atoms with van der Waals surface area (Å²) >= 11 is 14.8. The third kappa shape index (κ3) is 5.32. The SMILES string of the molecule is CC1Cc2cc(/C(O)=C3\C(=O)C(=O)N(c4nnc(SCc5ccc(Cl)cc5Cl)s4)C3c3ccc(F)cc3)ccc2O1. The van der Waals surface area contributed by atoms with E-state index in [9.17, 15) is 19.1 Å². The molecule has 12 heteroatoms. The largest absolute Gasteiger partial charge is 0.507 e. The Hall–Kier alpha value is -3.44. The van der Waals surface area contributed by atoms with Gasteiger partial charge < -0.3 is 9.84 Å². The number of aromatic nitrogens is 2. The second kappa shape index (κ2) is 11.1. The lowest BCUT2D eigenvalue weighted by atomic mass is 9.94. The monoisotopic (exact) mass is 627 g/mol. The van der Waals surface area contributed by atoms with Crippen LogP contribution < -0.4 is 9.64 Å². The van der Waals surface area contributed by atoms with Gasteiger partial charge >= 0.3 is 5.91 Å². The fourth-order valence-electron chi connectivity index (χ4n) is 4.85. The summed E-state index contributed by atoms with van der Waals surface area (Å²) < 4.78 is 20.1. The van der Waals surface area contributed by atoms with Crippen molar-refractivity contribution in [1.82, 2.24) is 10.2 Å². The molecule has 0 spiro atoms. The summed E-state index contributed by atoms with van der Waals surface area (Å²) in [5.74, 6) is -1.37. The number of ether oxygens (including phenoxy) is 1. The summed E-state index contributed by atoms with van der Waals surface area (Å²) in [5, 5.41) is 21.0. The molecule has 0 bridgehead atoms. The Morgan fingerprint density at radius 1 is 1.12 bits per heavy atom. The van der Waals surface area contributed by atoms with Crippen LogP contribution in [0.1, 0.15) is 35.2 Å². The minimum absolute atomic E-state index is 0.00706. The number of rotatable bonds is 6. The smallest absolute Gasteiger partial charge is 0.301 e. The quantitative estimate of drug-likeness (QED) is 0.0792. The minimum Gasteiger partial charge on any atom is -0.507 e. The Morgan fingerprint density at radius 3 is 2.66 bits per heavy atom. The van der Waals surface area contributed by atoms with Gasteiger partial charge in [-0.05, 0) is 66.1 Å². The van der Waals surface area contributed by atoms with E-state index in [4.69, 9.17) is 27.9 Å². The molecule has 3 heterocycles. The highest BCUT2D eigenvalue weighted by molar-refractivity contribution is 8.00. The van der Waals surface area contributed by atoms with Gasteiger partial charge in [-0.3, -0.25) is 14.5 Å². The molecule has 41 heavy (non-hydrogen) atoms. The van der Waals surface area contributed by atoms with Crippen LogP contribution in [0.25, 0.3) is 5.76 Å². The molecule has 1 saturated heterocycles. The summed E-state index contributed by atoms with van der Waals surface area (Å²) in [6, 6.07) is 14.7. The van der Waals surface area contributed by atoms with Crippen molar-refractivity contribution in [1.29, 1.82) is 0 Å². The van der Waals surface area contributed by atoms with E-state index < -0.39 is 23.5 Å². The topological polar surface area (TPSA) is 92.6 Å². The van der Waals surface area contributed by atoms with Gasteiger partial charge in [0.25, 0.3) is 5.78 Å². The summed E-state index contributed by atoms with van der Waals surface area (Å²) in [4.78, 5) is 28.1. The number of thioether (sulfide) groups is 1. The third-order valence-corrected chi connectivity index (χ3v) is 9.46. The molecular weight excluding hydrogens is 608 g/mol. The molecule has 0 aliphatic carbocycles. The molecule has 2 atom stereocenters. The lowest BCUT2D eigenvalue weighted by molar-refractivity contribution is -0.132. The first-order chi connectivity index (χ1) is 19.7. The summed E-state index contributed by atoms with van der Waals surface area (Å²) in [6.07, 6.45) is 0.644. The molecule has 2 aliphatic heterocycles. The van der Waals surface area contributed by atoms with Crippen LogP contribution in [0.5, 0.6) is 5.75 Å². The standard InChI is InChI=1S/C29H20Cl2FN3O4S2/c1-14-10-18-11-16(5-9-22(18)39-14)25(36)23-24(15-3-7-20(32)8-4-15)35(27(38)26(23)37)28-33-34-29(41-28)40-13-17-2-6-19(30)12-21(17)31/h2-9,11-12,14,24,36H,10,13H2,1H3/b25-23+. The second-order valence-electron chi connectivity index (χ2n) is 9.55. The second-order valence-corrected chi connectivity index (χ2v) is 12.6. The van der Waals surface area contributed by atoms with E-state index in [0.29, 0.717) is 43.4 Å². The maximum Gasteiger partial charge on any atom is 0.301 e. The number of aliphatic hydroxyl groups excluding tert-OH is 1. The fraction of sp³-hybridized carbons (Fsp3) is 0.172. The maximum atomic E-state index is 13.8. The number of carbonyl (C=O) groups is 2. The minimum atomic E-state index is -1.05. The Bertz CT molecular complexity index is 1730. The van der Waals surface area contributed by atoms with E-state index in [1.54, 1.807) is 30.3 Å². The summed E-state index contributed by atoms with van der Waals surface area (Å²) in [6.45, 7) is 1.94. The zero-order valence-electron chi connectivity index (χ0n) is 21.3. The van der Waals surface area contributed by atoms with Gasteiger partial charge in [0.1, 0.15) is 23.4 Å². The van der Waals surface area contributed by atoms with Crippen LogP contribution in [-0.4, -0.2) is 33.1 Å². The number of anilines is 1. The third-order valence-electron chi connectivity index (χ3n) is 6.77. The van der Waals surface area contributed by atoms with E-state index in [0.717, 1.165) is 22.5 Å². The molecule has 7 nitrogen and oxygen atoms in total. The van der Waals surface area contributed by atoms with E-state index in [1.165, 1.54) is 40.9 Å². The number of aliphatic hydroxyl groups is 1. The van der Waals surface area contributed by atoms with Gasteiger partial charge in [-0.2, -0.15) is 0 Å². The Morgan fingerprint density at radius 2 is 1.90 bits per heavy atom. The van der Waals surface area contributed by atoms with Crippen LogP contribution >= 0.6 is 46.3 Å². The van der Waals surface area contributed by atoms with Gasteiger partial charge in [0.2, 0.25) is 5.13 Å². The average Bonchev–Trinajstić information content (AvgIpc) is 3.63. The lowest BCUT2D eigenvalue weighted by Gasteiger charge is -2.22. The molecular formula is C29H20Cl2FN3O4S2. The molecule has 4 aromatic rings. The highest BCUT2D eigenvalue weighted by atomic mass is 35.5. The summed E-state index contributed by atoms with van der Waals surface area (Å²) in [7, 11) is 0. The molecule has 2 unspecified atom stereocenters. The lowest BCUT2D eigenvalue weighted by Crippen LogP contribution is -2.29. The van der Waals surface area contributed by atoms with Gasteiger partial charge in [-0.1, -0.05) is 64.5 Å². The van der Waals surface area contributed by atoms with E-state index in [1.807, 2.05) is 13.0 Å². The number of hydrogen-bond acceptors (Lipinski definition) is 8. The van der Waals surface area contributed by atoms with Crippen molar-refractivity contribution in [3.8, 4) is 5.75 Å². The highest BCUT2D eigenvalue weighted by Gasteiger charge is 2.48. The van der Waals surface area contributed by atoms with Gasteiger partial charge in [0, 0.05) is 27.8 Å². The fourth-order valence-corrected chi connectivity index (χ4v) is 7.28. The number of nitrogens with zero attached hydrogens (tertiary/aromatic N) is 3. The van der Waals surface area contributed by atoms with Crippen molar-refractivity contribution in [3.63, 3.8) is 0 Å². The molecule has 6 rings (SSSR count). The average molecular weight is 629 g/mol. The van der Waals surface area contributed by atoms with Gasteiger partial charge in [0.15, 0.2) is 4.34 Å². The number of fused-ring (bicyclic) bond motifs is 1. The first-order valence-electron chi connectivity index (χ1n) is 12.5. The van der Waals surface area contributed by atoms with Gasteiger partial charge in [-0.15, -0.1) is 10.2 Å². The van der Waals surface area contributed by atoms with E-state index >= 15 is 0 Å². The first kappa shape index (κ1) is 27.7. The number of hydrogen-bond donors (Lipinski definition) is 1. The first-order valence-corrected chi connectivity index (χ1v) is 15.0. The zero-order chi connectivity index (χ0) is 28.8. The molecule has 0 radical (unpaired) electrons. The van der Waals surface area contributed by atoms with Crippen molar-refractivity contribution in [2.24, 2.45) is 0 Å². The van der Waals surface area contributed by atoms with Gasteiger partial charge in [-0.25, -0.2) is 4.39 Å².